The first-order valence-electron chi connectivity index (χ1n) is 12.4. The lowest BCUT2D eigenvalue weighted by molar-refractivity contribution is 0.667. The molecule has 0 aliphatic rings. The normalized spacial score (nSPS) is 9.70. The van der Waals surface area contributed by atoms with E-state index in [0.29, 0.717) is 0 Å². The van der Waals surface area contributed by atoms with Crippen LogP contribution in [0.1, 0.15) is 127 Å². The van der Waals surface area contributed by atoms with Crippen molar-refractivity contribution in [2.24, 2.45) is 0 Å². The van der Waals surface area contributed by atoms with Crippen molar-refractivity contribution in [2.75, 3.05) is 0 Å². The molecule has 0 heteroatoms. The Hall–Kier alpha value is -2.10. The summed E-state index contributed by atoms with van der Waals surface area (Å²) in [4.78, 5) is 0. The monoisotopic (exact) mass is 402 g/mol. The molecule has 1 aromatic carbocycles. The van der Waals surface area contributed by atoms with E-state index in [2.05, 4.69) is 74.5 Å². The third-order valence-electron chi connectivity index (χ3n) is 5.21. The van der Waals surface area contributed by atoms with Crippen LogP contribution in [0.25, 0.3) is 0 Å². The van der Waals surface area contributed by atoms with Gasteiger partial charge in [-0.15, -0.1) is 0 Å². The van der Waals surface area contributed by atoms with E-state index in [0.717, 1.165) is 30.4 Å². The van der Waals surface area contributed by atoms with Crippen LogP contribution in [-0.4, -0.2) is 0 Å². The van der Waals surface area contributed by atoms with Gasteiger partial charge in [0.05, 0.1) is 0 Å². The molecular weight excluding hydrogens is 360 g/mol. The molecule has 0 radical (unpaired) electrons. The second-order valence-electron chi connectivity index (χ2n) is 8.20. The molecule has 0 bridgehead atoms. The highest BCUT2D eigenvalue weighted by atomic mass is 14.0. The molecule has 1 rings (SSSR count). The van der Waals surface area contributed by atoms with Crippen molar-refractivity contribution in [3.05, 3.63) is 34.9 Å². The van der Waals surface area contributed by atoms with Crippen LogP contribution in [0, 0.1) is 35.5 Å². The Morgan fingerprint density at radius 1 is 0.533 bits per heavy atom. The van der Waals surface area contributed by atoms with Crippen molar-refractivity contribution >= 4 is 0 Å². The SMILES string of the molecule is CCCCCCC#CC#Cc1cc(C#CCCCCCC)cc(CCCCCC)c1. The number of hydrogen-bond donors (Lipinski definition) is 0. The molecule has 0 spiro atoms. The van der Waals surface area contributed by atoms with Gasteiger partial charge in [0, 0.05) is 24.0 Å². The van der Waals surface area contributed by atoms with Gasteiger partial charge >= 0.3 is 0 Å². The molecule has 30 heavy (non-hydrogen) atoms. The van der Waals surface area contributed by atoms with Crippen LogP contribution in [0.3, 0.4) is 0 Å². The van der Waals surface area contributed by atoms with E-state index in [1.807, 2.05) is 0 Å². The third kappa shape index (κ3) is 14.0. The van der Waals surface area contributed by atoms with E-state index in [1.165, 1.54) is 82.6 Å². The first-order chi connectivity index (χ1) is 14.8. The van der Waals surface area contributed by atoms with E-state index in [9.17, 15) is 0 Å². The average molecular weight is 403 g/mol. The van der Waals surface area contributed by atoms with Gasteiger partial charge in [0.2, 0.25) is 0 Å². The van der Waals surface area contributed by atoms with Crippen molar-refractivity contribution < 1.29 is 0 Å². The van der Waals surface area contributed by atoms with Crippen molar-refractivity contribution in [1.29, 1.82) is 0 Å². The second kappa shape index (κ2) is 18.9. The summed E-state index contributed by atoms with van der Waals surface area (Å²) in [5, 5.41) is 0. The third-order valence-corrected chi connectivity index (χ3v) is 5.21. The number of benzene rings is 1. The van der Waals surface area contributed by atoms with E-state index in [4.69, 9.17) is 0 Å². The fraction of sp³-hybridized carbons (Fsp3) is 0.600. The number of unbranched alkanes of at least 4 members (excludes halogenated alkanes) is 11. The molecule has 0 N–H and O–H groups in total. The summed E-state index contributed by atoms with van der Waals surface area (Å²) >= 11 is 0. The van der Waals surface area contributed by atoms with Gasteiger partial charge in [-0.1, -0.05) is 102 Å². The standard InChI is InChI=1S/C30H42/c1-4-7-10-13-15-16-18-21-24-30-26-28(22-19-12-9-6-3)25-29(27-30)23-20-17-14-11-8-5-2/h25-27H,4-15,17,19,22H2,1-3H3. The first-order valence-corrected chi connectivity index (χ1v) is 12.4. The maximum absolute atomic E-state index is 3.38. The molecule has 0 atom stereocenters. The van der Waals surface area contributed by atoms with Crippen molar-refractivity contribution in [2.45, 2.75) is 117 Å². The predicted octanol–water partition coefficient (Wildman–Crippen LogP) is 8.46. The molecule has 0 aliphatic carbocycles. The largest absolute Gasteiger partial charge is 0.0979 e. The van der Waals surface area contributed by atoms with Gasteiger partial charge in [-0.2, -0.15) is 0 Å². The Bertz CT molecular complexity index is 748. The summed E-state index contributed by atoms with van der Waals surface area (Å²) in [6.45, 7) is 6.74. The Morgan fingerprint density at radius 2 is 1.10 bits per heavy atom. The highest BCUT2D eigenvalue weighted by Gasteiger charge is 1.99. The van der Waals surface area contributed by atoms with Gasteiger partial charge in [0.25, 0.3) is 0 Å². The summed E-state index contributed by atoms with van der Waals surface area (Å²) in [5.41, 5.74) is 3.52. The summed E-state index contributed by atoms with van der Waals surface area (Å²) in [7, 11) is 0. The molecular formula is C30H42. The van der Waals surface area contributed by atoms with Crippen LogP contribution in [-0.2, 0) is 6.42 Å². The fourth-order valence-electron chi connectivity index (χ4n) is 3.39. The van der Waals surface area contributed by atoms with Crippen LogP contribution < -0.4 is 0 Å². The van der Waals surface area contributed by atoms with Gasteiger partial charge in [-0.3, -0.25) is 0 Å². The highest BCUT2D eigenvalue weighted by molar-refractivity contribution is 5.48. The van der Waals surface area contributed by atoms with Crippen LogP contribution in [0.15, 0.2) is 18.2 Å². The molecule has 1 aromatic rings. The minimum absolute atomic E-state index is 0.959. The number of aryl methyl sites for hydroxylation is 1. The van der Waals surface area contributed by atoms with E-state index < -0.39 is 0 Å². The molecule has 0 amide bonds. The lowest BCUT2D eigenvalue weighted by atomic mass is 10.0. The van der Waals surface area contributed by atoms with Gasteiger partial charge < -0.3 is 0 Å². The number of hydrogen-bond acceptors (Lipinski definition) is 0. The smallest absolute Gasteiger partial charge is 0.0270 e. The minimum Gasteiger partial charge on any atom is -0.0979 e. The average Bonchev–Trinajstić information content (AvgIpc) is 2.75. The predicted molar refractivity (Wildman–Crippen MR) is 133 cm³/mol. The molecule has 0 aliphatic heterocycles. The summed E-state index contributed by atoms with van der Waals surface area (Å²) in [6, 6.07) is 6.62. The van der Waals surface area contributed by atoms with E-state index in [1.54, 1.807) is 0 Å². The van der Waals surface area contributed by atoms with Crippen LogP contribution in [0.2, 0.25) is 0 Å². The maximum Gasteiger partial charge on any atom is 0.0270 e. The van der Waals surface area contributed by atoms with Crippen LogP contribution in [0.5, 0.6) is 0 Å². The lowest BCUT2D eigenvalue weighted by Gasteiger charge is -2.04. The summed E-state index contributed by atoms with van der Waals surface area (Å²) in [5.74, 6) is 19.3. The molecule has 0 aromatic heterocycles. The summed E-state index contributed by atoms with van der Waals surface area (Å²) in [6.07, 6.45) is 18.3. The molecule has 162 valence electrons. The Labute approximate surface area is 187 Å². The van der Waals surface area contributed by atoms with E-state index >= 15 is 0 Å². The second-order valence-corrected chi connectivity index (χ2v) is 8.20. The zero-order chi connectivity index (χ0) is 21.7. The zero-order valence-electron chi connectivity index (χ0n) is 19.8. The Kier molecular flexibility index (Phi) is 16.3. The number of rotatable bonds is 13. The topological polar surface area (TPSA) is 0 Å². The van der Waals surface area contributed by atoms with Crippen molar-refractivity contribution in [3.63, 3.8) is 0 Å². The molecule has 0 nitrogen and oxygen atoms in total. The van der Waals surface area contributed by atoms with E-state index in [-0.39, 0.29) is 0 Å². The Morgan fingerprint density at radius 3 is 1.73 bits per heavy atom. The minimum atomic E-state index is 0.959. The van der Waals surface area contributed by atoms with Crippen molar-refractivity contribution in [3.8, 4) is 35.5 Å². The molecule has 0 unspecified atom stereocenters. The van der Waals surface area contributed by atoms with Crippen LogP contribution >= 0.6 is 0 Å². The molecule has 0 saturated carbocycles. The quantitative estimate of drug-likeness (QED) is 0.229. The summed E-state index contributed by atoms with van der Waals surface area (Å²) < 4.78 is 0. The molecule has 0 saturated heterocycles. The molecule has 0 heterocycles. The first kappa shape index (κ1) is 25.9. The highest BCUT2D eigenvalue weighted by Crippen LogP contribution is 2.13. The lowest BCUT2D eigenvalue weighted by Crippen LogP contribution is -1.90. The van der Waals surface area contributed by atoms with Gasteiger partial charge in [-0.05, 0) is 61.3 Å². The van der Waals surface area contributed by atoms with Gasteiger partial charge in [0.1, 0.15) is 0 Å². The zero-order valence-corrected chi connectivity index (χ0v) is 19.8. The Balaban J connectivity index is 2.74. The fourth-order valence-corrected chi connectivity index (χ4v) is 3.39. The molecule has 0 fully saturated rings. The maximum atomic E-state index is 3.38. The van der Waals surface area contributed by atoms with Gasteiger partial charge in [0.15, 0.2) is 0 Å². The van der Waals surface area contributed by atoms with Crippen molar-refractivity contribution in [1.82, 2.24) is 0 Å². The van der Waals surface area contributed by atoms with Crippen LogP contribution in [0.4, 0.5) is 0 Å². The van der Waals surface area contributed by atoms with Gasteiger partial charge in [-0.25, -0.2) is 0 Å².